The molecule has 0 unspecified atom stereocenters. The number of hydrogen-bond acceptors (Lipinski definition) is 4. The molecule has 0 aliphatic carbocycles. The average Bonchev–Trinajstić information content (AvgIpc) is 2.35. The van der Waals surface area contributed by atoms with Crippen LogP contribution in [0.3, 0.4) is 0 Å². The third kappa shape index (κ3) is 15.8. The van der Waals surface area contributed by atoms with Crippen molar-refractivity contribution in [1.82, 2.24) is 5.32 Å². The lowest BCUT2D eigenvalue weighted by Gasteiger charge is -2.05. The zero-order valence-corrected chi connectivity index (χ0v) is 11.2. The smallest absolute Gasteiger partial charge is 0.115 e. The fourth-order valence-electron chi connectivity index (χ4n) is 1.20. The summed E-state index contributed by atoms with van der Waals surface area (Å²) in [6.07, 6.45) is 4.10. The van der Waals surface area contributed by atoms with Gasteiger partial charge in [0.15, 0.2) is 0 Å². The number of methoxy groups -OCH3 is 2. The van der Waals surface area contributed by atoms with Crippen molar-refractivity contribution in [3.63, 3.8) is 0 Å². The summed E-state index contributed by atoms with van der Waals surface area (Å²) < 4.78 is 20.5. The zero-order valence-electron chi connectivity index (χ0n) is 11.2. The second kappa shape index (κ2) is 15.8. The van der Waals surface area contributed by atoms with Crippen molar-refractivity contribution in [2.75, 3.05) is 54.1 Å². The van der Waals surface area contributed by atoms with Gasteiger partial charge >= 0.3 is 0 Å². The van der Waals surface area contributed by atoms with Crippen LogP contribution in [0.5, 0.6) is 0 Å². The fraction of sp³-hybridized carbons (Fsp3) is 1.00. The van der Waals surface area contributed by atoms with Gasteiger partial charge in [-0.15, -0.1) is 0 Å². The SMILES string of the molecule is COCCCCOC[N]COCCCCOC. The number of unbranched alkanes of at least 4 members (excludes halogenated alkanes) is 2. The van der Waals surface area contributed by atoms with Gasteiger partial charge in [0.1, 0.15) is 13.5 Å². The normalized spacial score (nSPS) is 10.9. The molecule has 0 aliphatic rings. The van der Waals surface area contributed by atoms with E-state index in [-0.39, 0.29) is 0 Å². The van der Waals surface area contributed by atoms with Gasteiger partial charge in [-0.25, -0.2) is 0 Å². The Kier molecular flexibility index (Phi) is 15.6. The van der Waals surface area contributed by atoms with Gasteiger partial charge in [0.25, 0.3) is 0 Å². The standard InChI is InChI=1S/C12H26NO4/c1-14-7-3-5-9-16-11-13-12-17-10-6-4-8-15-2/h3-12H2,1-2H3. The first-order chi connectivity index (χ1) is 8.41. The lowest BCUT2D eigenvalue weighted by molar-refractivity contribution is 0.0498. The fourth-order valence-corrected chi connectivity index (χ4v) is 1.20. The van der Waals surface area contributed by atoms with Crippen molar-refractivity contribution in [2.45, 2.75) is 25.7 Å². The third-order valence-corrected chi connectivity index (χ3v) is 2.14. The molecule has 0 saturated heterocycles. The van der Waals surface area contributed by atoms with Crippen LogP contribution < -0.4 is 5.32 Å². The van der Waals surface area contributed by atoms with E-state index in [0.717, 1.165) is 52.1 Å². The highest BCUT2D eigenvalue weighted by Gasteiger charge is 1.92. The highest BCUT2D eigenvalue weighted by atomic mass is 16.5. The molecule has 0 amide bonds. The van der Waals surface area contributed by atoms with Crippen LogP contribution in [0.25, 0.3) is 0 Å². The van der Waals surface area contributed by atoms with Crippen LogP contribution >= 0.6 is 0 Å². The highest BCUT2D eigenvalue weighted by Crippen LogP contribution is 1.91. The minimum atomic E-state index is 0.422. The molecule has 103 valence electrons. The van der Waals surface area contributed by atoms with Crippen LogP contribution in [0.15, 0.2) is 0 Å². The minimum absolute atomic E-state index is 0.422. The maximum Gasteiger partial charge on any atom is 0.115 e. The van der Waals surface area contributed by atoms with Gasteiger partial charge in [-0.2, -0.15) is 5.32 Å². The molecule has 0 aromatic rings. The van der Waals surface area contributed by atoms with Gasteiger partial charge in [-0.05, 0) is 25.7 Å². The summed E-state index contributed by atoms with van der Waals surface area (Å²) in [7, 11) is 3.42. The third-order valence-electron chi connectivity index (χ3n) is 2.14. The molecule has 0 saturated carbocycles. The first-order valence-corrected chi connectivity index (χ1v) is 6.18. The quantitative estimate of drug-likeness (QED) is 0.436. The van der Waals surface area contributed by atoms with E-state index in [1.165, 1.54) is 0 Å². The van der Waals surface area contributed by atoms with Crippen LogP contribution in [0.4, 0.5) is 0 Å². The van der Waals surface area contributed by atoms with Crippen LogP contribution in [0.2, 0.25) is 0 Å². The summed E-state index contributed by atoms with van der Waals surface area (Å²) in [4.78, 5) is 0. The largest absolute Gasteiger partial charge is 0.385 e. The average molecular weight is 248 g/mol. The number of rotatable bonds is 14. The van der Waals surface area contributed by atoms with Gasteiger partial charge in [0.05, 0.1) is 0 Å². The molecule has 0 aromatic heterocycles. The van der Waals surface area contributed by atoms with Crippen molar-refractivity contribution in [3.8, 4) is 0 Å². The molecule has 0 atom stereocenters. The lowest BCUT2D eigenvalue weighted by Crippen LogP contribution is -2.15. The highest BCUT2D eigenvalue weighted by molar-refractivity contribution is 4.38. The summed E-state index contributed by atoms with van der Waals surface area (Å²) in [6.45, 7) is 3.91. The molecule has 0 bridgehead atoms. The Bertz CT molecular complexity index is 122. The van der Waals surface area contributed by atoms with Crippen molar-refractivity contribution in [2.24, 2.45) is 0 Å². The van der Waals surface area contributed by atoms with Crippen LogP contribution in [-0.2, 0) is 18.9 Å². The molecule has 0 rings (SSSR count). The molecule has 0 spiro atoms. The maximum absolute atomic E-state index is 5.30. The maximum atomic E-state index is 5.30. The second-order valence-electron chi connectivity index (χ2n) is 3.70. The summed E-state index contributed by atoms with van der Waals surface area (Å²) in [5, 5.41) is 4.10. The van der Waals surface area contributed by atoms with Crippen molar-refractivity contribution >= 4 is 0 Å². The first kappa shape index (κ1) is 16.8. The Morgan fingerprint density at radius 2 is 1.06 bits per heavy atom. The van der Waals surface area contributed by atoms with Crippen molar-refractivity contribution < 1.29 is 18.9 Å². The molecular formula is C12H26NO4. The Hall–Kier alpha value is -0.200. The topological polar surface area (TPSA) is 51.0 Å². The Labute approximate surface area is 105 Å². The minimum Gasteiger partial charge on any atom is -0.385 e. The van der Waals surface area contributed by atoms with Crippen LogP contribution in [0, 0.1) is 0 Å². The molecule has 0 heterocycles. The zero-order chi connectivity index (χ0) is 12.6. The van der Waals surface area contributed by atoms with E-state index in [4.69, 9.17) is 18.9 Å². The second-order valence-corrected chi connectivity index (χ2v) is 3.70. The Balaban J connectivity index is 2.85. The van der Waals surface area contributed by atoms with Crippen LogP contribution in [-0.4, -0.2) is 54.1 Å². The summed E-state index contributed by atoms with van der Waals surface area (Å²) in [5.74, 6) is 0. The van der Waals surface area contributed by atoms with Gasteiger partial charge in [0.2, 0.25) is 0 Å². The Morgan fingerprint density at radius 1 is 0.647 bits per heavy atom. The molecule has 5 nitrogen and oxygen atoms in total. The molecule has 0 aliphatic heterocycles. The predicted molar refractivity (Wildman–Crippen MR) is 66.0 cm³/mol. The molecular weight excluding hydrogens is 222 g/mol. The molecule has 0 fully saturated rings. The van der Waals surface area contributed by atoms with E-state index in [2.05, 4.69) is 5.32 Å². The van der Waals surface area contributed by atoms with E-state index in [1.807, 2.05) is 0 Å². The van der Waals surface area contributed by atoms with Crippen molar-refractivity contribution in [3.05, 3.63) is 0 Å². The van der Waals surface area contributed by atoms with Gasteiger partial charge < -0.3 is 18.9 Å². The summed E-state index contributed by atoms with van der Waals surface area (Å²) in [6, 6.07) is 0. The number of hydrogen-bond donors (Lipinski definition) is 0. The van der Waals surface area contributed by atoms with E-state index in [0.29, 0.717) is 13.5 Å². The molecule has 1 radical (unpaired) electrons. The van der Waals surface area contributed by atoms with E-state index in [9.17, 15) is 0 Å². The van der Waals surface area contributed by atoms with Gasteiger partial charge in [0, 0.05) is 40.6 Å². The molecule has 0 aromatic carbocycles. The van der Waals surface area contributed by atoms with Crippen LogP contribution in [0.1, 0.15) is 25.7 Å². The van der Waals surface area contributed by atoms with Crippen molar-refractivity contribution in [1.29, 1.82) is 0 Å². The monoisotopic (exact) mass is 248 g/mol. The summed E-state index contributed by atoms with van der Waals surface area (Å²) in [5.41, 5.74) is 0. The van der Waals surface area contributed by atoms with E-state index < -0.39 is 0 Å². The van der Waals surface area contributed by atoms with Gasteiger partial charge in [-0.1, -0.05) is 0 Å². The molecule has 0 N–H and O–H groups in total. The lowest BCUT2D eigenvalue weighted by atomic mass is 10.3. The van der Waals surface area contributed by atoms with Gasteiger partial charge in [-0.3, -0.25) is 0 Å². The molecule has 5 heteroatoms. The number of ether oxygens (including phenoxy) is 4. The molecule has 17 heavy (non-hydrogen) atoms. The van der Waals surface area contributed by atoms with E-state index in [1.54, 1.807) is 14.2 Å². The summed E-state index contributed by atoms with van der Waals surface area (Å²) >= 11 is 0. The predicted octanol–water partition coefficient (Wildman–Crippen LogP) is 1.39. The van der Waals surface area contributed by atoms with E-state index >= 15 is 0 Å². The Morgan fingerprint density at radius 3 is 1.47 bits per heavy atom. The number of nitrogens with zero attached hydrogens (tertiary/aromatic N) is 1. The first-order valence-electron chi connectivity index (χ1n) is 6.18.